The van der Waals surface area contributed by atoms with E-state index in [4.69, 9.17) is 0 Å². The maximum Gasteiger partial charge on any atom is 0.0998 e. The molecule has 0 unspecified atom stereocenters. The molecule has 0 radical (unpaired) electrons. The van der Waals surface area contributed by atoms with E-state index in [9.17, 15) is 5.26 Å². The highest BCUT2D eigenvalue weighted by molar-refractivity contribution is 6.12. The highest BCUT2D eigenvalue weighted by atomic mass is 15.0. The van der Waals surface area contributed by atoms with Crippen LogP contribution in [0.4, 0.5) is 0 Å². The fourth-order valence-corrected chi connectivity index (χ4v) is 7.29. The summed E-state index contributed by atoms with van der Waals surface area (Å²) in [7, 11) is 0. The molecule has 9 aromatic rings. The SMILES string of the molecule is Cc1ccccc1-n1c2ccc(-c3ccccc3)cc2c2cc(-c3ccc(-n4c5ccccc5c5ccccc54)cc3C#N)ccc21. The molecule has 0 aliphatic carbocycles. The van der Waals surface area contributed by atoms with E-state index in [1.807, 2.05) is 6.07 Å². The molecule has 0 saturated carbocycles. The molecule has 0 aliphatic heterocycles. The van der Waals surface area contributed by atoms with Crippen LogP contribution in [0.15, 0.2) is 158 Å². The number of aryl methyl sites for hydroxylation is 1. The van der Waals surface area contributed by atoms with Crippen molar-refractivity contribution in [3.05, 3.63) is 169 Å². The van der Waals surface area contributed by atoms with Gasteiger partial charge in [-0.05, 0) is 89.3 Å². The van der Waals surface area contributed by atoms with Crippen molar-refractivity contribution in [2.24, 2.45) is 0 Å². The number of rotatable bonds is 4. The van der Waals surface area contributed by atoms with Gasteiger partial charge in [0.25, 0.3) is 0 Å². The Hall–Kier alpha value is -6.37. The van der Waals surface area contributed by atoms with Gasteiger partial charge < -0.3 is 9.13 Å². The third-order valence-corrected chi connectivity index (χ3v) is 9.50. The maximum absolute atomic E-state index is 10.5. The van der Waals surface area contributed by atoms with E-state index >= 15 is 0 Å². The van der Waals surface area contributed by atoms with Crippen LogP contribution in [0.3, 0.4) is 0 Å². The van der Waals surface area contributed by atoms with Crippen LogP contribution in [0.5, 0.6) is 0 Å². The second kappa shape index (κ2) is 10.6. The van der Waals surface area contributed by atoms with Crippen LogP contribution in [0.2, 0.25) is 0 Å². The highest BCUT2D eigenvalue weighted by Gasteiger charge is 2.18. The van der Waals surface area contributed by atoms with Gasteiger partial charge >= 0.3 is 0 Å². The average molecular weight is 600 g/mol. The minimum atomic E-state index is 0.649. The topological polar surface area (TPSA) is 33.6 Å². The van der Waals surface area contributed by atoms with Gasteiger partial charge in [0.05, 0.1) is 33.7 Å². The molecule has 0 bridgehead atoms. The Morgan fingerprint density at radius 3 is 1.70 bits per heavy atom. The zero-order valence-electron chi connectivity index (χ0n) is 25.9. The van der Waals surface area contributed by atoms with E-state index in [0.29, 0.717) is 5.56 Å². The molecule has 2 heterocycles. The molecular formula is C44H29N3. The standard InChI is InChI=1S/C44H29N3/c1-29-11-5-8-16-40(29)47-43-23-19-31(30-12-3-2-4-13-30)26-38(43)39-27-32(20-24-44(39)47)35-22-21-34(25-33(35)28-45)46-41-17-9-6-14-36(41)37-15-7-10-18-42(37)46/h2-27H,1H3. The van der Waals surface area contributed by atoms with Crippen molar-refractivity contribution < 1.29 is 0 Å². The molecule has 0 aliphatic rings. The number of fused-ring (bicyclic) bond motifs is 6. The fraction of sp³-hybridized carbons (Fsp3) is 0.0227. The van der Waals surface area contributed by atoms with Gasteiger partial charge in [0, 0.05) is 32.9 Å². The van der Waals surface area contributed by atoms with Crippen LogP contribution in [0.1, 0.15) is 11.1 Å². The van der Waals surface area contributed by atoms with Crippen molar-refractivity contribution in [1.29, 1.82) is 5.26 Å². The molecule has 220 valence electrons. The quantitative estimate of drug-likeness (QED) is 0.198. The predicted octanol–water partition coefficient (Wildman–Crippen LogP) is 11.4. The third-order valence-electron chi connectivity index (χ3n) is 9.50. The molecule has 3 heteroatoms. The van der Waals surface area contributed by atoms with Gasteiger partial charge in [-0.25, -0.2) is 0 Å². The monoisotopic (exact) mass is 599 g/mol. The van der Waals surface area contributed by atoms with Gasteiger partial charge in [-0.15, -0.1) is 0 Å². The summed E-state index contributed by atoms with van der Waals surface area (Å²) in [5.74, 6) is 0. The van der Waals surface area contributed by atoms with Crippen molar-refractivity contribution in [2.75, 3.05) is 0 Å². The summed E-state index contributed by atoms with van der Waals surface area (Å²) in [6.45, 7) is 2.16. The van der Waals surface area contributed by atoms with Crippen LogP contribution in [-0.2, 0) is 0 Å². The number of hydrogen-bond acceptors (Lipinski definition) is 1. The Kier molecular flexibility index (Phi) is 6.10. The lowest BCUT2D eigenvalue weighted by atomic mass is 9.97. The van der Waals surface area contributed by atoms with Gasteiger partial charge in [-0.1, -0.05) is 103 Å². The first kappa shape index (κ1) is 27.0. The molecule has 0 fully saturated rings. The summed E-state index contributed by atoms with van der Waals surface area (Å²) in [5.41, 5.74) is 12.9. The molecule has 0 N–H and O–H groups in total. The lowest BCUT2D eigenvalue weighted by Crippen LogP contribution is -1.97. The van der Waals surface area contributed by atoms with Gasteiger partial charge in [0.2, 0.25) is 0 Å². The maximum atomic E-state index is 10.5. The van der Waals surface area contributed by atoms with E-state index in [2.05, 4.69) is 174 Å². The molecule has 7 aromatic carbocycles. The Bertz CT molecular complexity index is 2650. The van der Waals surface area contributed by atoms with Crippen molar-refractivity contribution in [1.82, 2.24) is 9.13 Å². The summed E-state index contributed by atoms with van der Waals surface area (Å²) < 4.78 is 4.63. The molecular weight excluding hydrogens is 571 g/mol. The number of benzene rings is 7. The zero-order valence-corrected chi connectivity index (χ0v) is 25.9. The average Bonchev–Trinajstić information content (AvgIpc) is 3.64. The second-order valence-electron chi connectivity index (χ2n) is 12.2. The highest BCUT2D eigenvalue weighted by Crippen LogP contribution is 2.39. The fourth-order valence-electron chi connectivity index (χ4n) is 7.29. The van der Waals surface area contributed by atoms with E-state index in [-0.39, 0.29) is 0 Å². The van der Waals surface area contributed by atoms with Crippen molar-refractivity contribution in [2.45, 2.75) is 6.92 Å². The summed E-state index contributed by atoms with van der Waals surface area (Å²) in [5, 5.41) is 15.3. The minimum absolute atomic E-state index is 0.649. The van der Waals surface area contributed by atoms with Gasteiger partial charge in [-0.3, -0.25) is 0 Å². The normalized spacial score (nSPS) is 11.5. The van der Waals surface area contributed by atoms with Crippen LogP contribution >= 0.6 is 0 Å². The molecule has 3 nitrogen and oxygen atoms in total. The van der Waals surface area contributed by atoms with Crippen LogP contribution in [0, 0.1) is 18.3 Å². The lowest BCUT2D eigenvalue weighted by molar-refractivity contribution is 1.15. The van der Waals surface area contributed by atoms with Gasteiger partial charge in [-0.2, -0.15) is 5.26 Å². The van der Waals surface area contributed by atoms with E-state index in [1.54, 1.807) is 0 Å². The first-order valence-corrected chi connectivity index (χ1v) is 15.9. The van der Waals surface area contributed by atoms with Crippen molar-refractivity contribution in [3.63, 3.8) is 0 Å². The van der Waals surface area contributed by atoms with Crippen LogP contribution in [-0.4, -0.2) is 9.13 Å². The molecule has 2 aromatic heterocycles. The largest absolute Gasteiger partial charge is 0.309 e. The van der Waals surface area contributed by atoms with Crippen molar-refractivity contribution >= 4 is 43.6 Å². The minimum Gasteiger partial charge on any atom is -0.309 e. The summed E-state index contributed by atoms with van der Waals surface area (Å²) in [4.78, 5) is 0. The Labute approximate surface area is 272 Å². The molecule has 0 saturated heterocycles. The third kappa shape index (κ3) is 4.20. The first-order chi connectivity index (χ1) is 23.2. The van der Waals surface area contributed by atoms with Crippen molar-refractivity contribution in [3.8, 4) is 39.7 Å². The van der Waals surface area contributed by atoms with Gasteiger partial charge in [0.15, 0.2) is 0 Å². The number of hydrogen-bond donors (Lipinski definition) is 0. The first-order valence-electron chi connectivity index (χ1n) is 15.9. The van der Waals surface area contributed by atoms with E-state index < -0.39 is 0 Å². The molecule has 9 rings (SSSR count). The zero-order chi connectivity index (χ0) is 31.5. The lowest BCUT2D eigenvalue weighted by Gasteiger charge is -2.12. The number of aromatic nitrogens is 2. The second-order valence-corrected chi connectivity index (χ2v) is 12.2. The summed E-state index contributed by atoms with van der Waals surface area (Å²) in [6.07, 6.45) is 0. The number of nitrogens with zero attached hydrogens (tertiary/aromatic N) is 3. The smallest absolute Gasteiger partial charge is 0.0998 e. The summed E-state index contributed by atoms with van der Waals surface area (Å²) >= 11 is 0. The number of para-hydroxylation sites is 3. The van der Waals surface area contributed by atoms with Gasteiger partial charge in [0.1, 0.15) is 0 Å². The Morgan fingerprint density at radius 2 is 1.02 bits per heavy atom. The van der Waals surface area contributed by atoms with Crippen LogP contribution < -0.4 is 0 Å². The molecule has 0 atom stereocenters. The summed E-state index contributed by atoms with van der Waals surface area (Å²) in [6, 6.07) is 58.2. The Morgan fingerprint density at radius 1 is 0.447 bits per heavy atom. The molecule has 0 amide bonds. The molecule has 0 spiro atoms. The predicted molar refractivity (Wildman–Crippen MR) is 195 cm³/mol. The van der Waals surface area contributed by atoms with Crippen LogP contribution in [0.25, 0.3) is 77.2 Å². The Balaban J connectivity index is 1.26. The molecule has 47 heavy (non-hydrogen) atoms. The van der Waals surface area contributed by atoms with E-state index in [0.717, 1.165) is 44.3 Å². The van der Waals surface area contributed by atoms with E-state index in [1.165, 1.54) is 38.5 Å². The number of nitriles is 1.